The van der Waals surface area contributed by atoms with Gasteiger partial charge in [-0.2, -0.15) is 0 Å². The maximum atomic E-state index is 13.5. The molecule has 7 heteroatoms. The average Bonchev–Trinajstić information content (AvgIpc) is 3.15. The summed E-state index contributed by atoms with van der Waals surface area (Å²) in [6.45, 7) is 3.96. The zero-order valence-corrected chi connectivity index (χ0v) is 22.8. The highest BCUT2D eigenvalue weighted by Crippen LogP contribution is 2.40. The molecule has 1 heterocycles. The van der Waals surface area contributed by atoms with Gasteiger partial charge in [0.05, 0.1) is 23.2 Å². The average molecular weight is 556 g/mol. The van der Waals surface area contributed by atoms with Crippen LogP contribution in [-0.4, -0.2) is 25.3 Å². The van der Waals surface area contributed by atoms with Crippen molar-refractivity contribution in [2.24, 2.45) is 4.99 Å². The van der Waals surface area contributed by atoms with Crippen LogP contribution in [0, 0.1) is 0 Å². The number of nitrogens with one attached hydrogen (secondary N) is 1. The summed E-state index contributed by atoms with van der Waals surface area (Å²) in [5.41, 5.74) is 3.51. The lowest BCUT2D eigenvalue weighted by Crippen LogP contribution is -2.14. The minimum atomic E-state index is -0.0964. The van der Waals surface area contributed by atoms with Crippen molar-refractivity contribution < 1.29 is 14.3 Å². The molecular weight excluding hydrogens is 524 g/mol. The van der Waals surface area contributed by atoms with Gasteiger partial charge in [-0.05, 0) is 90.9 Å². The largest absolute Gasteiger partial charge is 0.493 e. The predicted molar refractivity (Wildman–Crippen MR) is 148 cm³/mol. The van der Waals surface area contributed by atoms with Crippen molar-refractivity contribution >= 4 is 50.1 Å². The molecule has 0 aliphatic heterocycles. The smallest absolute Gasteiger partial charge is 0.259 e. The Morgan fingerprint density at radius 3 is 2.57 bits per heavy atom. The van der Waals surface area contributed by atoms with E-state index in [1.807, 2.05) is 56.3 Å². The third-order valence-corrected chi connectivity index (χ3v) is 7.64. The summed E-state index contributed by atoms with van der Waals surface area (Å²) in [5, 5.41) is 3.82. The van der Waals surface area contributed by atoms with E-state index in [9.17, 15) is 4.79 Å². The number of methoxy groups -OCH3 is 1. The van der Waals surface area contributed by atoms with Crippen molar-refractivity contribution in [1.82, 2.24) is 0 Å². The summed E-state index contributed by atoms with van der Waals surface area (Å²) in [5.74, 6) is 1.21. The molecule has 184 valence electrons. The van der Waals surface area contributed by atoms with E-state index in [2.05, 4.69) is 21.2 Å². The second kappa shape index (κ2) is 11.9. The third kappa shape index (κ3) is 6.33. The number of hydrogen-bond acceptors (Lipinski definition) is 5. The van der Waals surface area contributed by atoms with Crippen LogP contribution in [0.2, 0.25) is 0 Å². The van der Waals surface area contributed by atoms with E-state index >= 15 is 0 Å². The van der Waals surface area contributed by atoms with E-state index in [4.69, 9.17) is 14.5 Å². The zero-order valence-electron chi connectivity index (χ0n) is 20.4. The fourth-order valence-corrected chi connectivity index (χ4v) is 6.03. The maximum Gasteiger partial charge on any atom is 0.259 e. The molecule has 0 fully saturated rings. The molecule has 1 amide bonds. The number of carbonyl (C=O) groups is 1. The topological polar surface area (TPSA) is 59.9 Å². The van der Waals surface area contributed by atoms with Crippen LogP contribution in [0.3, 0.4) is 0 Å². The van der Waals surface area contributed by atoms with Gasteiger partial charge in [-0.25, -0.2) is 4.99 Å². The van der Waals surface area contributed by atoms with Crippen LogP contribution >= 0.6 is 27.3 Å². The quantitative estimate of drug-likeness (QED) is 0.301. The number of thiophene rings is 1. The Morgan fingerprint density at radius 1 is 1.11 bits per heavy atom. The summed E-state index contributed by atoms with van der Waals surface area (Å²) < 4.78 is 12.3. The lowest BCUT2D eigenvalue weighted by molar-refractivity contribution is 0.102. The molecule has 1 aliphatic carbocycles. The molecule has 0 spiro atoms. The number of halogens is 1. The van der Waals surface area contributed by atoms with Gasteiger partial charge in [0.2, 0.25) is 0 Å². The van der Waals surface area contributed by atoms with Gasteiger partial charge in [-0.3, -0.25) is 4.79 Å². The predicted octanol–water partition coefficient (Wildman–Crippen LogP) is 7.97. The molecule has 0 saturated heterocycles. The summed E-state index contributed by atoms with van der Waals surface area (Å²) in [7, 11) is 1.63. The standard InChI is InChI=1S/C28H31BrN2O3S/c1-18(2)34-26-22(29)15-19(16-23(26)33-3)17-30-28-25(27(32)31-20-11-7-6-8-12-20)21-13-9-4-5-10-14-24(21)35-28/h6-8,11-12,15-18H,4-5,9-10,13-14H2,1-3H3,(H,31,32). The van der Waals surface area contributed by atoms with E-state index in [0.29, 0.717) is 17.1 Å². The van der Waals surface area contributed by atoms with Gasteiger partial charge in [0, 0.05) is 16.8 Å². The summed E-state index contributed by atoms with van der Waals surface area (Å²) in [6.07, 6.45) is 8.42. The Balaban J connectivity index is 1.70. The number of fused-ring (bicyclic) bond motifs is 1. The number of ether oxygens (including phenoxy) is 2. The van der Waals surface area contributed by atoms with Crippen LogP contribution in [0.4, 0.5) is 10.7 Å². The monoisotopic (exact) mass is 554 g/mol. The van der Waals surface area contributed by atoms with Crippen LogP contribution in [0.1, 0.15) is 65.9 Å². The second-order valence-corrected chi connectivity index (χ2v) is 10.8. The van der Waals surface area contributed by atoms with E-state index < -0.39 is 0 Å². The molecule has 2 aromatic carbocycles. The van der Waals surface area contributed by atoms with Gasteiger partial charge in [0.1, 0.15) is 5.00 Å². The number of rotatable bonds is 7. The number of carbonyl (C=O) groups excluding carboxylic acids is 1. The van der Waals surface area contributed by atoms with Crippen LogP contribution in [0.25, 0.3) is 0 Å². The molecule has 0 unspecified atom stereocenters. The first kappa shape index (κ1) is 25.5. The Labute approximate surface area is 219 Å². The molecule has 1 N–H and O–H groups in total. The second-order valence-electron chi connectivity index (χ2n) is 8.88. The highest BCUT2D eigenvalue weighted by molar-refractivity contribution is 9.10. The van der Waals surface area contributed by atoms with Gasteiger partial charge in [0.15, 0.2) is 11.5 Å². The van der Waals surface area contributed by atoms with Gasteiger partial charge < -0.3 is 14.8 Å². The molecule has 3 aromatic rings. The van der Waals surface area contributed by atoms with E-state index in [1.165, 1.54) is 17.7 Å². The first-order valence-electron chi connectivity index (χ1n) is 12.1. The highest BCUT2D eigenvalue weighted by Gasteiger charge is 2.24. The Hall–Kier alpha value is -2.64. The number of amides is 1. The first-order valence-corrected chi connectivity index (χ1v) is 13.7. The SMILES string of the molecule is COc1cc(C=Nc2sc3c(c2C(=O)Nc2ccccc2)CCCCCC3)cc(Br)c1OC(C)C. The number of benzene rings is 2. The maximum absolute atomic E-state index is 13.5. The third-order valence-electron chi connectivity index (χ3n) is 5.85. The zero-order chi connectivity index (χ0) is 24.8. The molecule has 1 aromatic heterocycles. The van der Waals surface area contributed by atoms with E-state index in [-0.39, 0.29) is 12.0 Å². The molecule has 35 heavy (non-hydrogen) atoms. The molecule has 0 saturated carbocycles. The summed E-state index contributed by atoms with van der Waals surface area (Å²) in [4.78, 5) is 19.6. The van der Waals surface area contributed by atoms with Crippen LogP contribution in [0.15, 0.2) is 51.9 Å². The number of hydrogen-bond donors (Lipinski definition) is 1. The van der Waals surface area contributed by atoms with Crippen molar-refractivity contribution in [1.29, 1.82) is 0 Å². The number of aryl methyl sites for hydroxylation is 1. The fourth-order valence-electron chi connectivity index (χ4n) is 4.24. The van der Waals surface area contributed by atoms with E-state index in [1.54, 1.807) is 24.7 Å². The van der Waals surface area contributed by atoms with Crippen LogP contribution in [-0.2, 0) is 12.8 Å². The van der Waals surface area contributed by atoms with Gasteiger partial charge in [-0.15, -0.1) is 11.3 Å². The number of para-hydroxylation sites is 1. The fraction of sp³-hybridized carbons (Fsp3) is 0.357. The van der Waals surface area contributed by atoms with Crippen LogP contribution < -0.4 is 14.8 Å². The van der Waals surface area contributed by atoms with E-state index in [0.717, 1.165) is 52.0 Å². The highest BCUT2D eigenvalue weighted by atomic mass is 79.9. The molecule has 4 rings (SSSR count). The first-order chi connectivity index (χ1) is 17.0. The molecule has 5 nitrogen and oxygen atoms in total. The van der Waals surface area contributed by atoms with Gasteiger partial charge >= 0.3 is 0 Å². The molecule has 0 atom stereocenters. The summed E-state index contributed by atoms with van der Waals surface area (Å²) in [6, 6.07) is 13.4. The normalized spacial score (nSPS) is 13.9. The summed E-state index contributed by atoms with van der Waals surface area (Å²) >= 11 is 5.25. The lowest BCUT2D eigenvalue weighted by Gasteiger charge is -2.15. The Bertz CT molecular complexity index is 1200. The number of anilines is 1. The Kier molecular flexibility index (Phi) is 8.63. The van der Waals surface area contributed by atoms with Gasteiger partial charge in [0.25, 0.3) is 5.91 Å². The molecule has 1 aliphatic rings. The molecule has 0 bridgehead atoms. The number of aliphatic imine (C=N–C) groups is 1. The van der Waals surface area contributed by atoms with Gasteiger partial charge in [-0.1, -0.05) is 31.0 Å². The van der Waals surface area contributed by atoms with Crippen molar-refractivity contribution in [3.05, 3.63) is 68.5 Å². The van der Waals surface area contributed by atoms with Crippen molar-refractivity contribution in [3.8, 4) is 11.5 Å². The lowest BCUT2D eigenvalue weighted by atomic mass is 9.96. The molecular formula is C28H31BrN2O3S. The van der Waals surface area contributed by atoms with Crippen molar-refractivity contribution in [2.45, 2.75) is 58.5 Å². The Morgan fingerprint density at radius 2 is 1.86 bits per heavy atom. The molecule has 0 radical (unpaired) electrons. The number of nitrogens with zero attached hydrogens (tertiary/aromatic N) is 1. The minimum absolute atomic E-state index is 0.0241. The van der Waals surface area contributed by atoms with Crippen molar-refractivity contribution in [2.75, 3.05) is 12.4 Å². The van der Waals surface area contributed by atoms with Crippen molar-refractivity contribution in [3.63, 3.8) is 0 Å². The van der Waals surface area contributed by atoms with Crippen LogP contribution in [0.5, 0.6) is 11.5 Å². The minimum Gasteiger partial charge on any atom is -0.493 e.